The van der Waals surface area contributed by atoms with E-state index in [9.17, 15) is 4.79 Å². The Kier molecular flexibility index (Phi) is 4.39. The summed E-state index contributed by atoms with van der Waals surface area (Å²) in [6.07, 6.45) is 0. The number of aliphatic imine (C=N–C) groups is 1. The van der Waals surface area contributed by atoms with E-state index in [4.69, 9.17) is 0 Å². The molecule has 1 amide bonds. The molecule has 0 unspecified atom stereocenters. The highest BCUT2D eigenvalue weighted by molar-refractivity contribution is 5.81. The van der Waals surface area contributed by atoms with E-state index in [2.05, 4.69) is 20.5 Å². The van der Waals surface area contributed by atoms with Crippen molar-refractivity contribution in [1.29, 1.82) is 0 Å². The molecule has 0 aliphatic carbocycles. The maximum Gasteiger partial charge on any atom is 0.222 e. The molecule has 5 nitrogen and oxygen atoms in total. The van der Waals surface area contributed by atoms with Crippen LogP contribution in [-0.4, -0.2) is 50.0 Å². The first-order valence-corrected chi connectivity index (χ1v) is 5.38. The van der Waals surface area contributed by atoms with E-state index in [0.29, 0.717) is 6.54 Å². The zero-order valence-electron chi connectivity index (χ0n) is 9.71. The predicted octanol–water partition coefficient (Wildman–Crippen LogP) is -0.350. The number of likely N-dealkylation sites (N-methyl/N-ethyl adjacent to an activating group) is 1. The summed E-state index contributed by atoms with van der Waals surface area (Å²) in [5, 5.41) is 6.03. The third-order valence-electron chi connectivity index (χ3n) is 2.29. The summed E-state index contributed by atoms with van der Waals surface area (Å²) in [5.74, 6) is 1.07. The number of rotatable bonds is 4. The second-order valence-electron chi connectivity index (χ2n) is 4.00. The molecule has 0 atom stereocenters. The van der Waals surface area contributed by atoms with Crippen molar-refractivity contribution in [2.45, 2.75) is 13.8 Å². The first kappa shape index (κ1) is 11.8. The van der Waals surface area contributed by atoms with E-state index in [1.54, 1.807) is 0 Å². The Morgan fingerprint density at radius 2 is 2.27 bits per heavy atom. The maximum absolute atomic E-state index is 11.2. The van der Waals surface area contributed by atoms with Crippen LogP contribution in [0, 0.1) is 5.92 Å². The molecule has 0 bridgehead atoms. The van der Waals surface area contributed by atoms with E-state index in [1.165, 1.54) is 0 Å². The fourth-order valence-electron chi connectivity index (χ4n) is 1.29. The quantitative estimate of drug-likeness (QED) is 0.626. The fourth-order valence-corrected chi connectivity index (χ4v) is 1.29. The third kappa shape index (κ3) is 3.77. The molecule has 1 rings (SSSR count). The minimum atomic E-state index is 0.0523. The second-order valence-corrected chi connectivity index (χ2v) is 4.00. The van der Waals surface area contributed by atoms with Gasteiger partial charge >= 0.3 is 0 Å². The zero-order valence-corrected chi connectivity index (χ0v) is 9.71. The smallest absolute Gasteiger partial charge is 0.222 e. The van der Waals surface area contributed by atoms with Gasteiger partial charge in [0.25, 0.3) is 0 Å². The minimum Gasteiger partial charge on any atom is -0.354 e. The lowest BCUT2D eigenvalue weighted by molar-refractivity contribution is -0.123. The van der Waals surface area contributed by atoms with Gasteiger partial charge in [-0.25, -0.2) is 0 Å². The van der Waals surface area contributed by atoms with Gasteiger partial charge in [-0.1, -0.05) is 13.8 Å². The summed E-state index contributed by atoms with van der Waals surface area (Å²) in [4.78, 5) is 17.6. The van der Waals surface area contributed by atoms with Gasteiger partial charge in [0.05, 0.1) is 6.54 Å². The molecule has 0 spiro atoms. The molecule has 0 aromatic carbocycles. The first-order valence-electron chi connectivity index (χ1n) is 5.38. The van der Waals surface area contributed by atoms with Gasteiger partial charge in [-0.05, 0) is 0 Å². The molecule has 0 saturated carbocycles. The third-order valence-corrected chi connectivity index (χ3v) is 2.29. The highest BCUT2D eigenvalue weighted by Crippen LogP contribution is 1.94. The minimum absolute atomic E-state index is 0.0523. The van der Waals surface area contributed by atoms with Crippen molar-refractivity contribution < 1.29 is 4.79 Å². The molecule has 5 heteroatoms. The molecule has 0 fully saturated rings. The average Bonchev–Trinajstić information content (AvgIpc) is 2.58. The number of carbonyl (C=O) groups is 1. The summed E-state index contributed by atoms with van der Waals surface area (Å²) in [6, 6.07) is 0. The van der Waals surface area contributed by atoms with E-state index < -0.39 is 0 Å². The van der Waals surface area contributed by atoms with Crippen LogP contribution in [0.3, 0.4) is 0 Å². The summed E-state index contributed by atoms with van der Waals surface area (Å²) >= 11 is 0. The van der Waals surface area contributed by atoms with Crippen molar-refractivity contribution in [2.75, 3.05) is 33.2 Å². The number of nitrogens with one attached hydrogen (secondary N) is 2. The number of hydrogen-bond acceptors (Lipinski definition) is 4. The molecule has 1 heterocycles. The van der Waals surface area contributed by atoms with Crippen LogP contribution in [0.25, 0.3) is 0 Å². The van der Waals surface area contributed by atoms with Crippen LogP contribution < -0.4 is 10.6 Å². The first-order chi connectivity index (χ1) is 7.11. The van der Waals surface area contributed by atoms with Crippen LogP contribution in [0.15, 0.2) is 4.99 Å². The summed E-state index contributed by atoms with van der Waals surface area (Å²) in [5.41, 5.74) is 0. The van der Waals surface area contributed by atoms with Gasteiger partial charge in [-0.3, -0.25) is 9.79 Å². The van der Waals surface area contributed by atoms with Crippen molar-refractivity contribution in [2.24, 2.45) is 10.9 Å². The zero-order chi connectivity index (χ0) is 11.3. The van der Waals surface area contributed by atoms with Gasteiger partial charge in [0, 0.05) is 32.6 Å². The second kappa shape index (κ2) is 5.58. The van der Waals surface area contributed by atoms with Crippen LogP contribution >= 0.6 is 0 Å². The number of hydrogen-bond donors (Lipinski definition) is 2. The Morgan fingerprint density at radius 3 is 2.80 bits per heavy atom. The average molecular weight is 212 g/mol. The van der Waals surface area contributed by atoms with Crippen LogP contribution in [0.5, 0.6) is 0 Å². The molecule has 15 heavy (non-hydrogen) atoms. The predicted molar refractivity (Wildman–Crippen MR) is 60.8 cm³/mol. The molecule has 0 saturated heterocycles. The molecule has 1 aliphatic heterocycles. The largest absolute Gasteiger partial charge is 0.354 e. The van der Waals surface area contributed by atoms with Crippen LogP contribution in [-0.2, 0) is 4.79 Å². The monoisotopic (exact) mass is 212 g/mol. The number of amides is 1. The topological polar surface area (TPSA) is 56.7 Å². The van der Waals surface area contributed by atoms with Crippen LogP contribution in [0.1, 0.15) is 13.8 Å². The number of carbonyl (C=O) groups excluding carboxylic acids is 1. The van der Waals surface area contributed by atoms with E-state index in [0.717, 1.165) is 25.6 Å². The van der Waals surface area contributed by atoms with E-state index in [-0.39, 0.29) is 11.8 Å². The van der Waals surface area contributed by atoms with E-state index >= 15 is 0 Å². The van der Waals surface area contributed by atoms with Gasteiger partial charge in [0.15, 0.2) is 5.96 Å². The molecule has 86 valence electrons. The lowest BCUT2D eigenvalue weighted by Crippen LogP contribution is -2.40. The Hall–Kier alpha value is -1.26. The van der Waals surface area contributed by atoms with Crippen molar-refractivity contribution in [3.8, 4) is 0 Å². The summed E-state index contributed by atoms with van der Waals surface area (Å²) in [7, 11) is 2.01. The Bertz CT molecular complexity index is 250. The normalized spacial score (nSPS) is 15.5. The number of nitrogens with zero attached hydrogens (tertiary/aromatic N) is 2. The highest BCUT2D eigenvalue weighted by atomic mass is 16.1. The summed E-state index contributed by atoms with van der Waals surface area (Å²) < 4.78 is 0. The Morgan fingerprint density at radius 1 is 1.53 bits per heavy atom. The lowest BCUT2D eigenvalue weighted by Gasteiger charge is -2.15. The Labute approximate surface area is 90.9 Å². The molecular formula is C10H20N4O. The van der Waals surface area contributed by atoms with Gasteiger partial charge in [-0.2, -0.15) is 0 Å². The molecule has 0 aromatic rings. The molecular weight excluding hydrogens is 192 g/mol. The van der Waals surface area contributed by atoms with Gasteiger partial charge in [-0.15, -0.1) is 0 Å². The highest BCUT2D eigenvalue weighted by Gasteiger charge is 2.11. The van der Waals surface area contributed by atoms with Crippen molar-refractivity contribution >= 4 is 11.9 Å². The standard InChI is InChI=1S/C10H20N4O/c1-8(2)9(15)11-4-5-12-10-13-6-7-14(10)3/h8H,4-7H2,1-3H3,(H,11,15)(H,12,13). The SMILES string of the molecule is CC(C)C(=O)NCCNC1=NCCN1C. The summed E-state index contributed by atoms with van der Waals surface area (Å²) in [6.45, 7) is 6.97. The number of guanidine groups is 1. The van der Waals surface area contributed by atoms with Crippen molar-refractivity contribution in [3.63, 3.8) is 0 Å². The van der Waals surface area contributed by atoms with E-state index in [1.807, 2.05) is 20.9 Å². The van der Waals surface area contributed by atoms with Gasteiger partial charge in [0.2, 0.25) is 5.91 Å². The molecule has 1 aliphatic rings. The maximum atomic E-state index is 11.2. The Balaban J connectivity index is 2.09. The van der Waals surface area contributed by atoms with Gasteiger partial charge in [0.1, 0.15) is 0 Å². The van der Waals surface area contributed by atoms with Crippen molar-refractivity contribution in [1.82, 2.24) is 15.5 Å². The fraction of sp³-hybridized carbons (Fsp3) is 0.800. The van der Waals surface area contributed by atoms with Gasteiger partial charge < -0.3 is 15.5 Å². The molecule has 2 N–H and O–H groups in total. The van der Waals surface area contributed by atoms with Crippen LogP contribution in [0.4, 0.5) is 0 Å². The van der Waals surface area contributed by atoms with Crippen molar-refractivity contribution in [3.05, 3.63) is 0 Å². The molecule has 0 radical (unpaired) electrons. The molecule has 0 aromatic heterocycles. The lowest BCUT2D eigenvalue weighted by atomic mass is 10.2. The van der Waals surface area contributed by atoms with Crippen LogP contribution in [0.2, 0.25) is 0 Å².